The molecule has 0 amide bonds. The van der Waals surface area contributed by atoms with Gasteiger partial charge in [0.25, 0.3) is 0 Å². The summed E-state index contributed by atoms with van der Waals surface area (Å²) in [7, 11) is 2.29. The molecule has 0 radical (unpaired) electrons. The van der Waals surface area contributed by atoms with Gasteiger partial charge in [0.15, 0.2) is 0 Å². The highest BCUT2D eigenvalue weighted by molar-refractivity contribution is 6.11. The van der Waals surface area contributed by atoms with Crippen LogP contribution in [-0.2, 0) is 0 Å². The zero-order valence-corrected chi connectivity index (χ0v) is 13.2. The second kappa shape index (κ2) is 8.31. The Morgan fingerprint density at radius 1 is 1.26 bits per heavy atom. The van der Waals surface area contributed by atoms with Gasteiger partial charge in [-0.05, 0) is 25.5 Å². The molecule has 1 atom stereocenters. The summed E-state index contributed by atoms with van der Waals surface area (Å²) in [5.74, 6) is 0.752. The Kier molecular flexibility index (Phi) is 7.07. The van der Waals surface area contributed by atoms with Crippen LogP contribution in [0.15, 0.2) is 23.5 Å². The maximum atomic E-state index is 6.18. The maximum absolute atomic E-state index is 6.18. The summed E-state index contributed by atoms with van der Waals surface area (Å²) in [6, 6.07) is 0. The number of hydrogen-bond acceptors (Lipinski definition) is 3. The Labute approximate surface area is 119 Å². The molecule has 19 heavy (non-hydrogen) atoms. The molecule has 1 heterocycles. The van der Waals surface area contributed by atoms with Gasteiger partial charge in [-0.3, -0.25) is 0 Å². The molecule has 0 aromatic rings. The third kappa shape index (κ3) is 5.31. The zero-order valence-electron chi connectivity index (χ0n) is 13.2. The van der Waals surface area contributed by atoms with E-state index in [1.54, 1.807) is 0 Å². The van der Waals surface area contributed by atoms with E-state index in [1.165, 1.54) is 12.2 Å². The highest BCUT2D eigenvalue weighted by atomic mass is 15.3. The number of hydrogen-bond donors (Lipinski definition) is 1. The molecule has 1 fully saturated rings. The summed E-state index contributed by atoms with van der Waals surface area (Å²) in [5, 5.41) is 0. The largest absolute Gasteiger partial charge is 0.400 e. The second-order valence-corrected chi connectivity index (χ2v) is 5.76. The van der Waals surface area contributed by atoms with Crippen LogP contribution in [0, 0.1) is 0 Å². The predicted octanol–water partition coefficient (Wildman–Crippen LogP) is 1.59. The van der Waals surface area contributed by atoms with Crippen molar-refractivity contribution in [3.63, 3.8) is 0 Å². The van der Waals surface area contributed by atoms with Crippen LogP contribution < -0.4 is 5.73 Å². The minimum Gasteiger partial charge on any atom is -0.400 e. The molecule has 4 heteroatoms. The van der Waals surface area contributed by atoms with E-state index in [4.69, 9.17) is 5.73 Å². The Balaban J connectivity index is 2.62. The van der Waals surface area contributed by atoms with Gasteiger partial charge in [0.2, 0.25) is 0 Å². The van der Waals surface area contributed by atoms with Gasteiger partial charge < -0.3 is 15.5 Å². The van der Waals surface area contributed by atoms with Crippen LogP contribution in [0.1, 0.15) is 33.6 Å². The van der Waals surface area contributed by atoms with E-state index in [1.807, 2.05) is 0 Å². The molecule has 0 spiro atoms. The first-order chi connectivity index (χ1) is 9.08. The Bertz CT molecular complexity index is 315. The summed E-state index contributed by atoms with van der Waals surface area (Å²) >= 11 is 0. The van der Waals surface area contributed by atoms with E-state index in [0.29, 0.717) is 0 Å². The number of allylic oxidation sites excluding steroid dienone is 3. The van der Waals surface area contributed by atoms with Crippen molar-refractivity contribution in [1.82, 2.24) is 9.80 Å². The van der Waals surface area contributed by atoms with Crippen LogP contribution in [0.2, 0.25) is 5.82 Å². The van der Waals surface area contributed by atoms with Crippen LogP contribution >= 0.6 is 0 Å². The fraction of sp³-hybridized carbons (Fsp3) is 0.733. The van der Waals surface area contributed by atoms with Crippen LogP contribution in [0.3, 0.4) is 0 Å². The maximum Gasteiger partial charge on any atom is 0.106 e. The Morgan fingerprint density at radius 2 is 1.89 bits per heavy atom. The quantitative estimate of drug-likeness (QED) is 0.583. The lowest BCUT2D eigenvalue weighted by Crippen LogP contribution is -2.46. The molecule has 1 unspecified atom stereocenters. The van der Waals surface area contributed by atoms with E-state index in [2.05, 4.69) is 50.6 Å². The monoisotopic (exact) mass is 263 g/mol. The molecule has 3 nitrogen and oxygen atoms in total. The molecule has 0 saturated carbocycles. The molecule has 1 aliphatic rings. The number of nitrogens with zero attached hydrogens (tertiary/aromatic N) is 2. The van der Waals surface area contributed by atoms with Crippen LogP contribution in [0.25, 0.3) is 0 Å². The lowest BCUT2D eigenvalue weighted by atomic mass is 9.89. The SMILES string of the molecule is BC(C)CN1CCN(C(/C=C\CC)=C(/N)CC)CC1. The first-order valence-electron chi connectivity index (χ1n) is 7.70. The predicted molar refractivity (Wildman–Crippen MR) is 86.9 cm³/mol. The first-order valence-corrected chi connectivity index (χ1v) is 7.70. The normalized spacial score (nSPS) is 20.7. The van der Waals surface area contributed by atoms with Crippen molar-refractivity contribution >= 4 is 7.85 Å². The molecule has 1 saturated heterocycles. The highest BCUT2D eigenvalue weighted by Gasteiger charge is 2.19. The van der Waals surface area contributed by atoms with Gasteiger partial charge in [-0.15, -0.1) is 0 Å². The van der Waals surface area contributed by atoms with Crippen molar-refractivity contribution in [2.75, 3.05) is 32.7 Å². The van der Waals surface area contributed by atoms with Crippen molar-refractivity contribution in [3.05, 3.63) is 23.5 Å². The topological polar surface area (TPSA) is 32.5 Å². The molecular weight excluding hydrogens is 233 g/mol. The summed E-state index contributed by atoms with van der Waals surface area (Å²) in [6.45, 7) is 12.3. The molecule has 108 valence electrons. The zero-order chi connectivity index (χ0) is 14.3. The van der Waals surface area contributed by atoms with Crippen LogP contribution in [0.4, 0.5) is 0 Å². The third-order valence-electron chi connectivity index (χ3n) is 3.56. The molecule has 0 aliphatic carbocycles. The number of piperazine rings is 1. The highest BCUT2D eigenvalue weighted by Crippen LogP contribution is 2.16. The average molecular weight is 263 g/mol. The van der Waals surface area contributed by atoms with Crippen molar-refractivity contribution in [1.29, 1.82) is 0 Å². The molecule has 1 aliphatic heterocycles. The molecule has 0 aromatic carbocycles. The fourth-order valence-corrected chi connectivity index (χ4v) is 2.51. The van der Waals surface area contributed by atoms with Gasteiger partial charge in [0.1, 0.15) is 7.85 Å². The smallest absolute Gasteiger partial charge is 0.106 e. The van der Waals surface area contributed by atoms with Crippen LogP contribution in [-0.4, -0.2) is 50.4 Å². The van der Waals surface area contributed by atoms with Crippen molar-refractivity contribution in [2.24, 2.45) is 5.73 Å². The Hall–Kier alpha value is -0.895. The average Bonchev–Trinajstić information content (AvgIpc) is 2.40. The van der Waals surface area contributed by atoms with Crippen molar-refractivity contribution in [2.45, 2.75) is 39.4 Å². The lowest BCUT2D eigenvalue weighted by Gasteiger charge is -2.38. The van der Waals surface area contributed by atoms with Gasteiger partial charge in [0.05, 0.1) is 5.70 Å². The summed E-state index contributed by atoms with van der Waals surface area (Å²) in [6.07, 6.45) is 6.40. The van der Waals surface area contributed by atoms with Crippen molar-refractivity contribution < 1.29 is 0 Å². The minimum atomic E-state index is 0.752. The molecule has 0 bridgehead atoms. The summed E-state index contributed by atoms with van der Waals surface area (Å²) < 4.78 is 0. The lowest BCUT2D eigenvalue weighted by molar-refractivity contribution is 0.161. The van der Waals surface area contributed by atoms with E-state index >= 15 is 0 Å². The molecule has 1 rings (SSSR count). The first kappa shape index (κ1) is 16.2. The minimum absolute atomic E-state index is 0.752. The summed E-state index contributed by atoms with van der Waals surface area (Å²) in [4.78, 5) is 5.01. The molecular formula is C15H30BN3. The van der Waals surface area contributed by atoms with Gasteiger partial charge in [-0.2, -0.15) is 0 Å². The third-order valence-corrected chi connectivity index (χ3v) is 3.56. The number of rotatable bonds is 6. The van der Waals surface area contributed by atoms with E-state index < -0.39 is 0 Å². The molecule has 2 N–H and O–H groups in total. The van der Waals surface area contributed by atoms with Gasteiger partial charge in [0, 0.05) is 31.9 Å². The van der Waals surface area contributed by atoms with Crippen LogP contribution in [0.5, 0.6) is 0 Å². The Morgan fingerprint density at radius 3 is 2.37 bits per heavy atom. The standard InChI is InChI=1S/C15H30BN3/c1-4-6-7-15(14(17)5-2)19-10-8-18(9-11-19)12-13(3)16/h6-7,13H,4-5,8-12,16-17H2,1-3H3/b7-6-,15-14+. The van der Waals surface area contributed by atoms with Gasteiger partial charge >= 0.3 is 0 Å². The van der Waals surface area contributed by atoms with E-state index in [0.717, 1.165) is 50.5 Å². The van der Waals surface area contributed by atoms with Gasteiger partial charge in [-0.25, -0.2) is 0 Å². The van der Waals surface area contributed by atoms with E-state index in [9.17, 15) is 0 Å². The second-order valence-electron chi connectivity index (χ2n) is 5.76. The van der Waals surface area contributed by atoms with Crippen molar-refractivity contribution in [3.8, 4) is 0 Å². The van der Waals surface area contributed by atoms with E-state index in [-0.39, 0.29) is 0 Å². The van der Waals surface area contributed by atoms with Gasteiger partial charge in [-0.1, -0.05) is 32.7 Å². The summed E-state index contributed by atoms with van der Waals surface area (Å²) in [5.41, 5.74) is 8.44. The molecule has 0 aromatic heterocycles. The number of nitrogens with two attached hydrogens (primary N) is 1. The fourth-order valence-electron chi connectivity index (χ4n) is 2.51.